The van der Waals surface area contributed by atoms with Crippen LogP contribution in [0.5, 0.6) is 0 Å². The van der Waals surface area contributed by atoms with Crippen molar-refractivity contribution >= 4 is 30.4 Å². The Hall–Kier alpha value is -1.54. The van der Waals surface area contributed by atoms with Crippen LogP contribution in [0, 0.1) is 5.41 Å². The third-order valence-electron chi connectivity index (χ3n) is 2.12. The van der Waals surface area contributed by atoms with Crippen LogP contribution in [0.3, 0.4) is 0 Å². The lowest BCUT2D eigenvalue weighted by Gasteiger charge is -2.26. The minimum Gasteiger partial charge on any atom is -0.480 e. The molecule has 8 nitrogen and oxygen atoms in total. The maximum atomic E-state index is 11.7. The Balaban J connectivity index is 0. The van der Waals surface area contributed by atoms with Crippen molar-refractivity contribution < 1.29 is 19.4 Å². The Kier molecular flexibility index (Phi) is 8.93. The van der Waals surface area contributed by atoms with Gasteiger partial charge in [-0.05, 0) is 33.6 Å². The van der Waals surface area contributed by atoms with Gasteiger partial charge in [0, 0.05) is 6.54 Å². The second-order valence-corrected chi connectivity index (χ2v) is 5.10. The van der Waals surface area contributed by atoms with Crippen LogP contribution in [0.2, 0.25) is 0 Å². The molecule has 0 rings (SSSR count). The van der Waals surface area contributed by atoms with Crippen LogP contribution in [0.15, 0.2) is 0 Å². The van der Waals surface area contributed by atoms with Crippen molar-refractivity contribution in [3.63, 3.8) is 0 Å². The molecule has 0 bridgehead atoms. The van der Waals surface area contributed by atoms with E-state index in [2.05, 4.69) is 0 Å². The molecule has 6 N–H and O–H groups in total. The summed E-state index contributed by atoms with van der Waals surface area (Å²) in [4.78, 5) is 23.2. The van der Waals surface area contributed by atoms with E-state index in [9.17, 15) is 9.59 Å². The molecule has 0 saturated heterocycles. The minimum atomic E-state index is -1.10. The van der Waals surface area contributed by atoms with Gasteiger partial charge in [0.15, 0.2) is 5.96 Å². The predicted molar refractivity (Wildman–Crippen MR) is 76.9 cm³/mol. The first kappa shape index (κ1) is 20.8. The van der Waals surface area contributed by atoms with Crippen molar-refractivity contribution in [3.8, 4) is 0 Å². The molecule has 0 aromatic carbocycles. The minimum absolute atomic E-state index is 0. The fourth-order valence-electron chi connectivity index (χ4n) is 1.22. The standard InChI is InChI=1S/C11H22N4O4.ClH/c1-11(2,3)19-10(18)15(9(13)14)6-4-5-7(12)8(16)17;/h7H,4-6,12H2,1-3H3,(H3,13,14)(H,16,17);1H. The summed E-state index contributed by atoms with van der Waals surface area (Å²) in [6.07, 6.45) is -0.238. The van der Waals surface area contributed by atoms with Gasteiger partial charge in [0.05, 0.1) is 0 Å². The van der Waals surface area contributed by atoms with E-state index in [1.54, 1.807) is 20.8 Å². The van der Waals surface area contributed by atoms with Gasteiger partial charge in [0.1, 0.15) is 11.6 Å². The first-order chi connectivity index (χ1) is 8.54. The van der Waals surface area contributed by atoms with Crippen molar-refractivity contribution in [2.75, 3.05) is 6.54 Å². The van der Waals surface area contributed by atoms with Gasteiger partial charge >= 0.3 is 12.1 Å². The van der Waals surface area contributed by atoms with Crippen molar-refractivity contribution in [3.05, 3.63) is 0 Å². The summed E-state index contributed by atoms with van der Waals surface area (Å²) >= 11 is 0. The molecule has 118 valence electrons. The highest BCUT2D eigenvalue weighted by Gasteiger charge is 2.24. The summed E-state index contributed by atoms with van der Waals surface area (Å²) in [6, 6.07) is -0.993. The molecule has 0 fully saturated rings. The third-order valence-corrected chi connectivity index (χ3v) is 2.12. The SMILES string of the molecule is CC(C)(C)OC(=O)N(CCCC(N)C(=O)O)C(=N)N.Cl. The molecule has 1 atom stereocenters. The predicted octanol–water partition coefficient (Wildman–Crippen LogP) is 0.731. The van der Waals surface area contributed by atoms with Crippen LogP contribution in [0.1, 0.15) is 33.6 Å². The van der Waals surface area contributed by atoms with Crippen molar-refractivity contribution in [2.45, 2.75) is 45.3 Å². The number of aliphatic carboxylic acids is 1. The zero-order valence-electron chi connectivity index (χ0n) is 11.9. The number of nitrogens with one attached hydrogen (secondary N) is 1. The van der Waals surface area contributed by atoms with Crippen LogP contribution in [-0.2, 0) is 9.53 Å². The van der Waals surface area contributed by atoms with E-state index in [-0.39, 0.29) is 25.4 Å². The highest BCUT2D eigenvalue weighted by atomic mass is 35.5. The first-order valence-corrected chi connectivity index (χ1v) is 5.87. The molecule has 20 heavy (non-hydrogen) atoms. The molecule has 0 saturated carbocycles. The zero-order chi connectivity index (χ0) is 15.2. The number of nitrogens with zero attached hydrogens (tertiary/aromatic N) is 1. The van der Waals surface area contributed by atoms with Crippen LogP contribution in [0.4, 0.5) is 4.79 Å². The van der Waals surface area contributed by atoms with E-state index in [0.29, 0.717) is 6.42 Å². The number of hydrogen-bond donors (Lipinski definition) is 4. The summed E-state index contributed by atoms with van der Waals surface area (Å²) in [7, 11) is 0. The third kappa shape index (κ3) is 8.54. The number of halogens is 1. The Labute approximate surface area is 124 Å². The fourth-order valence-corrected chi connectivity index (χ4v) is 1.22. The quantitative estimate of drug-likeness (QED) is 0.435. The lowest BCUT2D eigenvalue weighted by atomic mass is 10.1. The zero-order valence-corrected chi connectivity index (χ0v) is 12.7. The Morgan fingerprint density at radius 3 is 2.25 bits per heavy atom. The van der Waals surface area contributed by atoms with E-state index >= 15 is 0 Å². The topological polar surface area (TPSA) is 143 Å². The monoisotopic (exact) mass is 310 g/mol. The van der Waals surface area contributed by atoms with Crippen LogP contribution >= 0.6 is 12.4 Å². The second-order valence-electron chi connectivity index (χ2n) is 5.10. The number of carboxylic acids is 1. The maximum absolute atomic E-state index is 11.7. The number of ether oxygens (including phenoxy) is 1. The number of carbonyl (C=O) groups excluding carboxylic acids is 1. The molecule has 0 heterocycles. The van der Waals surface area contributed by atoms with Crippen LogP contribution < -0.4 is 11.5 Å². The number of guanidine groups is 1. The number of carbonyl (C=O) groups is 2. The highest BCUT2D eigenvalue weighted by molar-refractivity contribution is 5.91. The summed E-state index contributed by atoms with van der Waals surface area (Å²) in [6.45, 7) is 5.18. The maximum Gasteiger partial charge on any atom is 0.417 e. The smallest absolute Gasteiger partial charge is 0.417 e. The number of amides is 1. The lowest BCUT2D eigenvalue weighted by Crippen LogP contribution is -2.45. The first-order valence-electron chi connectivity index (χ1n) is 5.87. The second kappa shape index (κ2) is 8.60. The van der Waals surface area contributed by atoms with E-state index < -0.39 is 29.7 Å². The molecular formula is C11H23ClN4O4. The molecular weight excluding hydrogens is 288 g/mol. The molecule has 0 aromatic rings. The van der Waals surface area contributed by atoms with Gasteiger partial charge in [0.2, 0.25) is 0 Å². The van der Waals surface area contributed by atoms with Crippen LogP contribution in [-0.4, -0.2) is 46.2 Å². The molecule has 1 amide bonds. The number of hydrogen-bond acceptors (Lipinski definition) is 5. The van der Waals surface area contributed by atoms with Gasteiger partial charge in [-0.15, -0.1) is 12.4 Å². The molecule has 0 aromatic heterocycles. The van der Waals surface area contributed by atoms with Crippen molar-refractivity contribution in [1.29, 1.82) is 5.41 Å². The largest absolute Gasteiger partial charge is 0.480 e. The average Bonchev–Trinajstić information content (AvgIpc) is 2.20. The van der Waals surface area contributed by atoms with E-state index in [4.69, 9.17) is 26.7 Å². The molecule has 1 unspecified atom stereocenters. The summed E-state index contributed by atoms with van der Waals surface area (Å²) in [5.41, 5.74) is 9.94. The Morgan fingerprint density at radius 1 is 1.40 bits per heavy atom. The summed E-state index contributed by atoms with van der Waals surface area (Å²) in [5.74, 6) is -1.55. The molecule has 0 aliphatic rings. The van der Waals surface area contributed by atoms with Gasteiger partial charge in [-0.25, -0.2) is 9.69 Å². The molecule has 0 radical (unpaired) electrons. The molecule has 0 aliphatic carbocycles. The van der Waals surface area contributed by atoms with E-state index in [1.165, 1.54) is 0 Å². The van der Waals surface area contributed by atoms with E-state index in [1.807, 2.05) is 0 Å². The van der Waals surface area contributed by atoms with Gasteiger partial charge in [-0.3, -0.25) is 10.2 Å². The number of rotatable bonds is 5. The van der Waals surface area contributed by atoms with Gasteiger partial charge in [-0.2, -0.15) is 0 Å². The summed E-state index contributed by atoms with van der Waals surface area (Å²) < 4.78 is 5.08. The van der Waals surface area contributed by atoms with Gasteiger partial charge in [-0.1, -0.05) is 0 Å². The Bertz CT molecular complexity index is 357. The highest BCUT2D eigenvalue weighted by Crippen LogP contribution is 2.10. The van der Waals surface area contributed by atoms with Crippen LogP contribution in [0.25, 0.3) is 0 Å². The Morgan fingerprint density at radius 2 is 1.90 bits per heavy atom. The lowest BCUT2D eigenvalue weighted by molar-refractivity contribution is -0.138. The van der Waals surface area contributed by atoms with Crippen molar-refractivity contribution in [1.82, 2.24) is 4.90 Å². The van der Waals surface area contributed by atoms with Gasteiger partial charge in [0.25, 0.3) is 0 Å². The summed E-state index contributed by atoms with van der Waals surface area (Å²) in [5, 5.41) is 15.9. The fraction of sp³-hybridized carbons (Fsp3) is 0.727. The molecule has 9 heteroatoms. The molecule has 0 aliphatic heterocycles. The molecule has 0 spiro atoms. The van der Waals surface area contributed by atoms with Gasteiger partial charge < -0.3 is 21.3 Å². The average molecular weight is 311 g/mol. The normalized spacial score (nSPS) is 12.0. The number of nitrogens with two attached hydrogens (primary N) is 2. The number of carboxylic acid groups (broad SMARTS) is 1. The van der Waals surface area contributed by atoms with E-state index in [0.717, 1.165) is 4.90 Å². The van der Waals surface area contributed by atoms with Crippen molar-refractivity contribution in [2.24, 2.45) is 11.5 Å².